The molecular weight excluding hydrogens is 288 g/mol. The van der Waals surface area contributed by atoms with E-state index >= 15 is 0 Å². The van der Waals surface area contributed by atoms with Gasteiger partial charge >= 0.3 is 5.97 Å². The standard InChI is InChI=1S/C15H20O6.CH4/c1-18-12-8-6-10(14(20-3)15(12)21-4)5-7-11(16)9-13(17)19-2;/h6,8H,5,7,9H2,1-4H3;1H4. The first-order valence-electron chi connectivity index (χ1n) is 6.43. The highest BCUT2D eigenvalue weighted by Crippen LogP contribution is 2.40. The number of hydrogen-bond acceptors (Lipinski definition) is 6. The van der Waals surface area contributed by atoms with Crippen LogP contribution in [0, 0.1) is 0 Å². The van der Waals surface area contributed by atoms with Crippen LogP contribution in [0.3, 0.4) is 0 Å². The summed E-state index contributed by atoms with van der Waals surface area (Å²) in [6, 6.07) is 3.56. The van der Waals surface area contributed by atoms with Gasteiger partial charge in [-0.25, -0.2) is 0 Å². The third-order valence-corrected chi connectivity index (χ3v) is 3.03. The molecule has 0 N–H and O–H groups in total. The van der Waals surface area contributed by atoms with Gasteiger partial charge in [0.1, 0.15) is 12.2 Å². The van der Waals surface area contributed by atoms with Crippen molar-refractivity contribution in [3.05, 3.63) is 17.7 Å². The molecule has 1 aromatic carbocycles. The molecule has 0 bridgehead atoms. The summed E-state index contributed by atoms with van der Waals surface area (Å²) >= 11 is 0. The van der Waals surface area contributed by atoms with Crippen LogP contribution >= 0.6 is 0 Å². The van der Waals surface area contributed by atoms with Crippen molar-refractivity contribution < 1.29 is 28.5 Å². The second kappa shape index (κ2) is 9.65. The van der Waals surface area contributed by atoms with Gasteiger partial charge in [-0.3, -0.25) is 9.59 Å². The molecule has 1 rings (SSSR count). The number of Topliss-reactive ketones (excluding diaryl/α,β-unsaturated/α-hetero) is 1. The topological polar surface area (TPSA) is 71.1 Å². The number of benzene rings is 1. The molecule has 0 aliphatic carbocycles. The molecule has 0 heterocycles. The normalized spacial score (nSPS) is 9.45. The number of hydrogen-bond donors (Lipinski definition) is 0. The first-order valence-corrected chi connectivity index (χ1v) is 6.43. The fraction of sp³-hybridized carbons (Fsp3) is 0.500. The number of carbonyl (C=O) groups is 2. The number of rotatable bonds is 8. The summed E-state index contributed by atoms with van der Waals surface area (Å²) in [4.78, 5) is 22.7. The Morgan fingerprint density at radius 2 is 1.59 bits per heavy atom. The lowest BCUT2D eigenvalue weighted by molar-refractivity contribution is -0.143. The lowest BCUT2D eigenvalue weighted by Gasteiger charge is -2.15. The fourth-order valence-corrected chi connectivity index (χ4v) is 1.96. The van der Waals surface area contributed by atoms with Crippen molar-refractivity contribution in [3.63, 3.8) is 0 Å². The van der Waals surface area contributed by atoms with Gasteiger partial charge in [0.2, 0.25) is 5.75 Å². The summed E-state index contributed by atoms with van der Waals surface area (Å²) in [5, 5.41) is 0. The molecule has 0 saturated carbocycles. The summed E-state index contributed by atoms with van der Waals surface area (Å²) in [5.41, 5.74) is 0.813. The molecule has 0 radical (unpaired) electrons. The summed E-state index contributed by atoms with van der Waals surface area (Å²) < 4.78 is 20.3. The molecule has 0 unspecified atom stereocenters. The van der Waals surface area contributed by atoms with E-state index in [1.54, 1.807) is 6.07 Å². The first kappa shape index (κ1) is 19.8. The second-order valence-corrected chi connectivity index (χ2v) is 4.29. The third kappa shape index (κ3) is 4.95. The summed E-state index contributed by atoms with van der Waals surface area (Å²) in [6.07, 6.45) is 0.451. The number of aryl methyl sites for hydroxylation is 1. The van der Waals surface area contributed by atoms with Crippen LogP contribution in [0.4, 0.5) is 0 Å². The number of ketones is 1. The lowest BCUT2D eigenvalue weighted by Crippen LogP contribution is -2.10. The Morgan fingerprint density at radius 3 is 2.09 bits per heavy atom. The van der Waals surface area contributed by atoms with Crippen molar-refractivity contribution in [2.75, 3.05) is 28.4 Å². The van der Waals surface area contributed by atoms with Crippen molar-refractivity contribution in [2.45, 2.75) is 26.7 Å². The molecule has 0 aliphatic rings. The Morgan fingerprint density at radius 1 is 0.955 bits per heavy atom. The Labute approximate surface area is 131 Å². The van der Waals surface area contributed by atoms with Crippen LogP contribution in [0.5, 0.6) is 17.2 Å². The highest BCUT2D eigenvalue weighted by Gasteiger charge is 2.17. The Kier molecular flexibility index (Phi) is 8.67. The minimum Gasteiger partial charge on any atom is -0.493 e. The van der Waals surface area contributed by atoms with Crippen LogP contribution in [0.15, 0.2) is 12.1 Å². The van der Waals surface area contributed by atoms with Crippen molar-refractivity contribution in [1.29, 1.82) is 0 Å². The Bertz CT molecular complexity index is 510. The van der Waals surface area contributed by atoms with Gasteiger partial charge in [-0.1, -0.05) is 13.5 Å². The number of carbonyl (C=O) groups excluding carboxylic acids is 2. The SMILES string of the molecule is C.COC(=O)CC(=O)CCc1ccc(OC)c(OC)c1OC. The molecule has 0 fully saturated rings. The van der Waals surface area contributed by atoms with Crippen LogP contribution in [0.25, 0.3) is 0 Å². The number of ether oxygens (including phenoxy) is 4. The zero-order valence-electron chi connectivity index (χ0n) is 12.7. The van der Waals surface area contributed by atoms with E-state index in [1.807, 2.05) is 6.07 Å². The van der Waals surface area contributed by atoms with E-state index in [1.165, 1.54) is 28.4 Å². The van der Waals surface area contributed by atoms with Gasteiger partial charge in [0, 0.05) is 6.42 Å². The minimum absolute atomic E-state index is 0. The maximum absolute atomic E-state index is 11.7. The molecule has 0 aliphatic heterocycles. The lowest BCUT2D eigenvalue weighted by atomic mass is 10.0. The number of esters is 1. The van der Waals surface area contributed by atoms with Crippen LogP contribution in [-0.2, 0) is 20.7 Å². The molecule has 22 heavy (non-hydrogen) atoms. The molecule has 0 atom stereocenters. The maximum atomic E-state index is 11.7. The fourth-order valence-electron chi connectivity index (χ4n) is 1.96. The zero-order valence-corrected chi connectivity index (χ0v) is 12.7. The van der Waals surface area contributed by atoms with E-state index in [-0.39, 0.29) is 26.1 Å². The average molecular weight is 312 g/mol. The quantitative estimate of drug-likeness (QED) is 0.542. The van der Waals surface area contributed by atoms with Gasteiger partial charge < -0.3 is 18.9 Å². The molecule has 6 nitrogen and oxygen atoms in total. The molecule has 124 valence electrons. The Balaban J connectivity index is 0.00000441. The number of methoxy groups -OCH3 is 4. The van der Waals surface area contributed by atoms with E-state index < -0.39 is 5.97 Å². The van der Waals surface area contributed by atoms with Crippen LogP contribution < -0.4 is 14.2 Å². The predicted molar refractivity (Wildman–Crippen MR) is 82.8 cm³/mol. The Hall–Kier alpha value is -2.24. The average Bonchev–Trinajstić information content (AvgIpc) is 2.51. The summed E-state index contributed by atoms with van der Waals surface area (Å²) in [7, 11) is 5.84. The van der Waals surface area contributed by atoms with Crippen molar-refractivity contribution in [3.8, 4) is 17.2 Å². The van der Waals surface area contributed by atoms with Gasteiger partial charge in [0.15, 0.2) is 11.5 Å². The molecule has 0 spiro atoms. The van der Waals surface area contributed by atoms with Crippen molar-refractivity contribution in [1.82, 2.24) is 0 Å². The third-order valence-electron chi connectivity index (χ3n) is 3.03. The molecule has 0 amide bonds. The highest BCUT2D eigenvalue weighted by molar-refractivity contribution is 5.95. The van der Waals surface area contributed by atoms with E-state index in [0.29, 0.717) is 23.7 Å². The van der Waals surface area contributed by atoms with Crippen LogP contribution in [-0.4, -0.2) is 40.2 Å². The van der Waals surface area contributed by atoms with Crippen LogP contribution in [0.1, 0.15) is 25.8 Å². The van der Waals surface area contributed by atoms with E-state index in [9.17, 15) is 9.59 Å². The monoisotopic (exact) mass is 312 g/mol. The zero-order chi connectivity index (χ0) is 15.8. The van der Waals surface area contributed by atoms with Gasteiger partial charge in [0.05, 0.1) is 28.4 Å². The van der Waals surface area contributed by atoms with Gasteiger partial charge in [0.25, 0.3) is 0 Å². The summed E-state index contributed by atoms with van der Waals surface area (Å²) in [5.74, 6) is 0.859. The molecule has 1 aromatic rings. The maximum Gasteiger partial charge on any atom is 0.313 e. The predicted octanol–water partition coefficient (Wildman–Crippen LogP) is 2.41. The summed E-state index contributed by atoms with van der Waals surface area (Å²) in [6.45, 7) is 0. The largest absolute Gasteiger partial charge is 0.493 e. The van der Waals surface area contributed by atoms with Crippen LogP contribution in [0.2, 0.25) is 0 Å². The molecule has 6 heteroatoms. The van der Waals surface area contributed by atoms with Gasteiger partial charge in [-0.2, -0.15) is 0 Å². The molecular formula is C16H24O6. The highest BCUT2D eigenvalue weighted by atomic mass is 16.5. The van der Waals surface area contributed by atoms with E-state index in [2.05, 4.69) is 4.74 Å². The van der Waals surface area contributed by atoms with E-state index in [4.69, 9.17) is 14.2 Å². The van der Waals surface area contributed by atoms with Crippen molar-refractivity contribution in [2.24, 2.45) is 0 Å². The molecule has 0 aromatic heterocycles. The minimum atomic E-state index is -0.528. The van der Waals surface area contributed by atoms with Crippen molar-refractivity contribution >= 4 is 11.8 Å². The second-order valence-electron chi connectivity index (χ2n) is 4.29. The van der Waals surface area contributed by atoms with Gasteiger partial charge in [-0.15, -0.1) is 0 Å². The van der Waals surface area contributed by atoms with Gasteiger partial charge in [-0.05, 0) is 18.1 Å². The molecule has 0 saturated heterocycles. The van der Waals surface area contributed by atoms with E-state index in [0.717, 1.165) is 5.56 Å². The first-order chi connectivity index (χ1) is 10.1. The smallest absolute Gasteiger partial charge is 0.313 e.